The van der Waals surface area contributed by atoms with Crippen LogP contribution in [0, 0.1) is 11.8 Å². The van der Waals surface area contributed by atoms with E-state index < -0.39 is 0 Å². The number of rotatable bonds is 8. The number of benzene rings is 1. The molecule has 1 unspecified atom stereocenters. The van der Waals surface area contributed by atoms with Crippen LogP contribution in [-0.2, 0) is 11.2 Å². The third kappa shape index (κ3) is 6.21. The van der Waals surface area contributed by atoms with Crippen LogP contribution in [0.25, 0.3) is 0 Å². The molecule has 1 N–H and O–H groups in total. The highest BCUT2D eigenvalue weighted by Crippen LogP contribution is 2.30. The summed E-state index contributed by atoms with van der Waals surface area (Å²) in [6.45, 7) is 5.60. The number of nitrogens with one attached hydrogen (secondary N) is 1. The molecule has 2 aliphatic rings. The molecule has 28 heavy (non-hydrogen) atoms. The third-order valence-electron chi connectivity index (χ3n) is 6.52. The molecule has 156 valence electrons. The fourth-order valence-electron chi connectivity index (χ4n) is 4.72. The Hall–Kier alpha value is -1.07. The molecule has 1 heterocycles. The molecule has 1 atom stereocenters. The Balaban J connectivity index is 1.37. The van der Waals surface area contributed by atoms with Crippen molar-refractivity contribution in [1.29, 1.82) is 0 Å². The lowest BCUT2D eigenvalue weighted by Gasteiger charge is -2.30. The maximum atomic E-state index is 11.6. The number of nitrogens with zero attached hydrogens (tertiary/aromatic N) is 1. The van der Waals surface area contributed by atoms with Crippen molar-refractivity contribution in [2.45, 2.75) is 64.3 Å². The summed E-state index contributed by atoms with van der Waals surface area (Å²) >= 11 is 3.69. The third-order valence-corrected chi connectivity index (χ3v) is 7.29. The molecule has 0 radical (unpaired) electrons. The number of ether oxygens (including phenoxy) is 1. The van der Waals surface area contributed by atoms with Crippen LogP contribution in [0.2, 0.25) is 0 Å². The Kier molecular flexibility index (Phi) is 8.22. The molecule has 1 aliphatic heterocycles. The summed E-state index contributed by atoms with van der Waals surface area (Å²) in [5, 5.41) is 3.17. The lowest BCUT2D eigenvalue weighted by molar-refractivity contribution is -0.121. The normalized spacial score (nSPS) is 25.6. The van der Waals surface area contributed by atoms with Gasteiger partial charge in [-0.05, 0) is 93.6 Å². The van der Waals surface area contributed by atoms with E-state index in [1.165, 1.54) is 55.4 Å². The molecule has 0 spiro atoms. The van der Waals surface area contributed by atoms with E-state index in [1.54, 1.807) is 7.11 Å². The van der Waals surface area contributed by atoms with Crippen molar-refractivity contribution in [1.82, 2.24) is 10.2 Å². The maximum absolute atomic E-state index is 11.6. The molecule has 1 saturated heterocycles. The first kappa shape index (κ1) is 21.6. The molecule has 1 aromatic carbocycles. The standard InChI is InChI=1S/C23H35BrN2O2/c1-3-23(27)25-20-6-4-17(5-7-20)10-12-26-13-11-18(16-26)14-19-15-21(28-2)8-9-22(19)24/h8-9,15,17-18,20H,3-7,10-14,16H2,1-2H3,(H,25,27)/t17-,18?,20-. The minimum atomic E-state index is 0.203. The minimum Gasteiger partial charge on any atom is -0.497 e. The van der Waals surface area contributed by atoms with Crippen LogP contribution < -0.4 is 10.1 Å². The van der Waals surface area contributed by atoms with Gasteiger partial charge >= 0.3 is 0 Å². The number of likely N-dealkylation sites (tertiary alicyclic amines) is 1. The van der Waals surface area contributed by atoms with Crippen molar-refractivity contribution in [3.05, 3.63) is 28.2 Å². The number of carbonyl (C=O) groups excluding carboxylic acids is 1. The van der Waals surface area contributed by atoms with Crippen molar-refractivity contribution >= 4 is 21.8 Å². The lowest BCUT2D eigenvalue weighted by atomic mass is 9.84. The second-order valence-electron chi connectivity index (χ2n) is 8.54. The highest BCUT2D eigenvalue weighted by atomic mass is 79.9. The van der Waals surface area contributed by atoms with Crippen LogP contribution in [0.4, 0.5) is 0 Å². The summed E-state index contributed by atoms with van der Waals surface area (Å²) in [4.78, 5) is 14.2. The largest absolute Gasteiger partial charge is 0.497 e. The van der Waals surface area contributed by atoms with Crippen LogP contribution in [0.1, 0.15) is 57.4 Å². The Morgan fingerprint density at radius 3 is 2.71 bits per heavy atom. The highest BCUT2D eigenvalue weighted by Gasteiger charge is 2.26. The van der Waals surface area contributed by atoms with Crippen LogP contribution in [0.5, 0.6) is 5.75 Å². The van der Waals surface area contributed by atoms with Gasteiger partial charge in [0.15, 0.2) is 0 Å². The van der Waals surface area contributed by atoms with Gasteiger partial charge in [0.2, 0.25) is 5.91 Å². The van der Waals surface area contributed by atoms with Gasteiger partial charge in [-0.2, -0.15) is 0 Å². The van der Waals surface area contributed by atoms with Gasteiger partial charge in [-0.25, -0.2) is 0 Å². The van der Waals surface area contributed by atoms with Gasteiger partial charge in [0, 0.05) is 23.5 Å². The van der Waals surface area contributed by atoms with Crippen LogP contribution >= 0.6 is 15.9 Å². The SMILES string of the molecule is CCC(=O)N[C@H]1CC[C@H](CCN2CCC(Cc3cc(OC)ccc3Br)C2)CC1. The number of amides is 1. The van der Waals surface area contributed by atoms with E-state index >= 15 is 0 Å². The Morgan fingerprint density at radius 2 is 2.00 bits per heavy atom. The maximum Gasteiger partial charge on any atom is 0.219 e. The van der Waals surface area contributed by atoms with E-state index in [9.17, 15) is 4.79 Å². The van der Waals surface area contributed by atoms with Gasteiger partial charge in [-0.1, -0.05) is 22.9 Å². The van der Waals surface area contributed by atoms with Crippen molar-refractivity contribution < 1.29 is 9.53 Å². The second-order valence-corrected chi connectivity index (χ2v) is 9.40. The molecular weight excluding hydrogens is 416 g/mol. The van der Waals surface area contributed by atoms with Gasteiger partial charge in [0.25, 0.3) is 0 Å². The first-order valence-electron chi connectivity index (χ1n) is 10.9. The zero-order valence-electron chi connectivity index (χ0n) is 17.4. The first-order valence-corrected chi connectivity index (χ1v) is 11.7. The summed E-state index contributed by atoms with van der Waals surface area (Å²) in [6.07, 6.45) is 9.17. The highest BCUT2D eigenvalue weighted by molar-refractivity contribution is 9.10. The van der Waals surface area contributed by atoms with Gasteiger partial charge in [-0.3, -0.25) is 4.79 Å². The number of carbonyl (C=O) groups is 1. The summed E-state index contributed by atoms with van der Waals surface area (Å²) in [5.74, 6) is 2.72. The Bertz CT molecular complexity index is 643. The number of halogens is 1. The average Bonchev–Trinajstić information content (AvgIpc) is 3.16. The van der Waals surface area contributed by atoms with Crippen LogP contribution in [-0.4, -0.2) is 43.6 Å². The molecule has 1 aliphatic carbocycles. The van der Waals surface area contributed by atoms with Gasteiger partial charge in [0.05, 0.1) is 7.11 Å². The molecule has 2 fully saturated rings. The monoisotopic (exact) mass is 450 g/mol. The van der Waals surface area contributed by atoms with E-state index in [1.807, 2.05) is 13.0 Å². The zero-order valence-corrected chi connectivity index (χ0v) is 19.0. The first-order chi connectivity index (χ1) is 13.6. The molecule has 3 rings (SSSR count). The molecule has 4 nitrogen and oxygen atoms in total. The second kappa shape index (κ2) is 10.6. The van der Waals surface area contributed by atoms with Crippen LogP contribution in [0.3, 0.4) is 0 Å². The molecule has 0 aromatic heterocycles. The smallest absolute Gasteiger partial charge is 0.219 e. The quantitative estimate of drug-likeness (QED) is 0.618. The van der Waals surface area contributed by atoms with E-state index in [-0.39, 0.29) is 5.91 Å². The van der Waals surface area contributed by atoms with Crippen molar-refractivity contribution in [3.8, 4) is 5.75 Å². The van der Waals surface area contributed by atoms with E-state index in [4.69, 9.17) is 4.74 Å². The number of hydrogen-bond donors (Lipinski definition) is 1. The topological polar surface area (TPSA) is 41.6 Å². The molecule has 1 aromatic rings. The average molecular weight is 451 g/mol. The molecule has 0 bridgehead atoms. The summed E-state index contributed by atoms with van der Waals surface area (Å²) < 4.78 is 6.58. The van der Waals surface area contributed by atoms with Crippen molar-refractivity contribution in [3.63, 3.8) is 0 Å². The van der Waals surface area contributed by atoms with Gasteiger partial charge in [0.1, 0.15) is 5.75 Å². The minimum absolute atomic E-state index is 0.203. The predicted octanol–water partition coefficient (Wildman–Crippen LogP) is 4.80. The van der Waals surface area contributed by atoms with Crippen molar-refractivity contribution in [2.75, 3.05) is 26.7 Å². The Labute approximate surface area is 178 Å². The number of hydrogen-bond acceptors (Lipinski definition) is 3. The fourth-order valence-corrected chi connectivity index (χ4v) is 5.13. The van der Waals surface area contributed by atoms with E-state index in [2.05, 4.69) is 38.3 Å². The summed E-state index contributed by atoms with van der Waals surface area (Å²) in [7, 11) is 1.73. The molecule has 1 amide bonds. The number of methoxy groups -OCH3 is 1. The fraction of sp³-hybridized carbons (Fsp3) is 0.696. The van der Waals surface area contributed by atoms with Crippen molar-refractivity contribution in [2.24, 2.45) is 11.8 Å². The van der Waals surface area contributed by atoms with E-state index in [0.717, 1.165) is 36.8 Å². The van der Waals surface area contributed by atoms with Gasteiger partial charge < -0.3 is 15.0 Å². The zero-order chi connectivity index (χ0) is 19.9. The molecular formula is C23H35BrN2O2. The van der Waals surface area contributed by atoms with Gasteiger partial charge in [-0.15, -0.1) is 0 Å². The Morgan fingerprint density at radius 1 is 1.21 bits per heavy atom. The van der Waals surface area contributed by atoms with E-state index in [0.29, 0.717) is 12.5 Å². The lowest BCUT2D eigenvalue weighted by Crippen LogP contribution is -2.37. The van der Waals surface area contributed by atoms with Crippen LogP contribution in [0.15, 0.2) is 22.7 Å². The summed E-state index contributed by atoms with van der Waals surface area (Å²) in [6, 6.07) is 6.70. The molecule has 5 heteroatoms. The summed E-state index contributed by atoms with van der Waals surface area (Å²) in [5.41, 5.74) is 1.36. The molecule has 1 saturated carbocycles. The predicted molar refractivity (Wildman–Crippen MR) is 118 cm³/mol.